The molecule has 1 aromatic heterocycles. The van der Waals surface area contributed by atoms with E-state index < -0.39 is 11.9 Å². The van der Waals surface area contributed by atoms with Crippen LogP contribution in [0.5, 0.6) is 0 Å². The highest BCUT2D eigenvalue weighted by molar-refractivity contribution is 7.99. The fourth-order valence-corrected chi connectivity index (χ4v) is 4.52. The Kier molecular flexibility index (Phi) is 7.31. The molecular formula is C27H24N3O4S-. The second-order valence-corrected chi connectivity index (χ2v) is 9.07. The van der Waals surface area contributed by atoms with Gasteiger partial charge in [0.1, 0.15) is 0 Å². The molecule has 1 amide bonds. The fourth-order valence-electron chi connectivity index (χ4n) is 3.71. The maximum absolute atomic E-state index is 13.4. The standard InChI is InChI=1S/C27H25N3O4S/c1-3-17(2)18-12-14-19(15-13-18)30-25(32)20-8-4-6-10-22(20)29-27(30)35-16-24(31)28-23-11-7-5-9-21(23)26(33)34/h4-15,17H,3,16H2,1-2H3,(H,28,31)(H,33,34)/p-1/t17-/m1/s1. The van der Waals surface area contributed by atoms with E-state index in [1.54, 1.807) is 36.4 Å². The number of amides is 1. The van der Waals surface area contributed by atoms with E-state index in [1.165, 1.54) is 22.3 Å². The number of carbonyl (C=O) groups is 2. The number of benzene rings is 3. The molecule has 0 spiro atoms. The highest BCUT2D eigenvalue weighted by Crippen LogP contribution is 2.24. The lowest BCUT2D eigenvalue weighted by Gasteiger charge is -2.15. The molecule has 4 rings (SSSR count). The van der Waals surface area contributed by atoms with E-state index in [4.69, 9.17) is 0 Å². The molecule has 7 nitrogen and oxygen atoms in total. The summed E-state index contributed by atoms with van der Waals surface area (Å²) in [6, 6.07) is 20.9. The zero-order valence-corrected chi connectivity index (χ0v) is 20.2. The molecule has 0 aliphatic heterocycles. The summed E-state index contributed by atoms with van der Waals surface area (Å²) in [5.74, 6) is -1.47. The van der Waals surface area contributed by atoms with E-state index in [0.717, 1.165) is 18.2 Å². The quantitative estimate of drug-likeness (QED) is 0.298. The Balaban J connectivity index is 1.66. The van der Waals surface area contributed by atoms with E-state index in [9.17, 15) is 19.5 Å². The van der Waals surface area contributed by atoms with E-state index in [1.807, 2.05) is 24.3 Å². The third kappa shape index (κ3) is 5.27. The number of para-hydroxylation sites is 2. The Morgan fingerprint density at radius 1 is 1.03 bits per heavy atom. The van der Waals surface area contributed by atoms with Gasteiger partial charge in [0.2, 0.25) is 5.91 Å². The van der Waals surface area contributed by atoms with Gasteiger partial charge in [-0.25, -0.2) is 4.98 Å². The van der Waals surface area contributed by atoms with E-state index >= 15 is 0 Å². The molecule has 0 aliphatic rings. The summed E-state index contributed by atoms with van der Waals surface area (Å²) in [4.78, 5) is 42.0. The largest absolute Gasteiger partial charge is 0.545 e. The molecule has 1 atom stereocenters. The van der Waals surface area contributed by atoms with Crippen LogP contribution >= 0.6 is 11.8 Å². The van der Waals surface area contributed by atoms with Crippen LogP contribution in [-0.4, -0.2) is 27.2 Å². The van der Waals surface area contributed by atoms with Crippen molar-refractivity contribution in [1.29, 1.82) is 0 Å². The number of carboxylic acids is 1. The number of thioether (sulfide) groups is 1. The minimum Gasteiger partial charge on any atom is -0.545 e. The number of aromatic carboxylic acids is 1. The fraction of sp³-hybridized carbons (Fsp3) is 0.185. The number of nitrogens with one attached hydrogen (secondary N) is 1. The van der Waals surface area contributed by atoms with Crippen molar-refractivity contribution in [1.82, 2.24) is 9.55 Å². The number of carbonyl (C=O) groups excluding carboxylic acids is 2. The Morgan fingerprint density at radius 3 is 2.43 bits per heavy atom. The van der Waals surface area contributed by atoms with Gasteiger partial charge < -0.3 is 15.2 Å². The molecule has 8 heteroatoms. The number of rotatable bonds is 8. The van der Waals surface area contributed by atoms with Gasteiger partial charge in [-0.1, -0.05) is 68.1 Å². The van der Waals surface area contributed by atoms with Crippen LogP contribution in [0.3, 0.4) is 0 Å². The molecule has 178 valence electrons. The first-order chi connectivity index (χ1) is 16.9. The van der Waals surface area contributed by atoms with Gasteiger partial charge in [0.25, 0.3) is 5.56 Å². The molecule has 0 saturated heterocycles. The molecule has 0 aliphatic carbocycles. The number of hydrogen-bond acceptors (Lipinski definition) is 6. The van der Waals surface area contributed by atoms with Crippen molar-refractivity contribution in [2.24, 2.45) is 0 Å². The maximum Gasteiger partial charge on any atom is 0.266 e. The van der Waals surface area contributed by atoms with Gasteiger partial charge in [0.05, 0.1) is 28.3 Å². The van der Waals surface area contributed by atoms with Gasteiger partial charge in [0, 0.05) is 11.3 Å². The van der Waals surface area contributed by atoms with E-state index in [-0.39, 0.29) is 22.6 Å². The lowest BCUT2D eigenvalue weighted by molar-refractivity contribution is -0.254. The third-order valence-electron chi connectivity index (χ3n) is 5.83. The predicted molar refractivity (Wildman–Crippen MR) is 136 cm³/mol. The minimum atomic E-state index is -1.38. The molecule has 0 saturated carbocycles. The molecular weight excluding hydrogens is 462 g/mol. The van der Waals surface area contributed by atoms with Gasteiger partial charge >= 0.3 is 0 Å². The number of aromatic nitrogens is 2. The monoisotopic (exact) mass is 486 g/mol. The first kappa shape index (κ1) is 24.2. The maximum atomic E-state index is 13.4. The Bertz CT molecular complexity index is 1450. The summed E-state index contributed by atoms with van der Waals surface area (Å²) in [6.07, 6.45) is 1.01. The van der Waals surface area contributed by atoms with Crippen LogP contribution in [0.4, 0.5) is 5.69 Å². The topological polar surface area (TPSA) is 104 Å². The van der Waals surface area contributed by atoms with Gasteiger partial charge in [-0.2, -0.15) is 0 Å². The van der Waals surface area contributed by atoms with Crippen molar-refractivity contribution >= 4 is 40.2 Å². The van der Waals surface area contributed by atoms with Crippen molar-refractivity contribution in [2.75, 3.05) is 11.1 Å². The summed E-state index contributed by atoms with van der Waals surface area (Å²) in [5, 5.41) is 14.8. The number of nitrogens with zero attached hydrogens (tertiary/aromatic N) is 2. The van der Waals surface area contributed by atoms with Gasteiger partial charge in [-0.3, -0.25) is 14.2 Å². The summed E-state index contributed by atoms with van der Waals surface area (Å²) in [7, 11) is 0. The van der Waals surface area contributed by atoms with Crippen LogP contribution in [-0.2, 0) is 4.79 Å². The van der Waals surface area contributed by atoms with Gasteiger partial charge in [-0.05, 0) is 48.2 Å². The molecule has 0 fully saturated rings. The first-order valence-corrected chi connectivity index (χ1v) is 12.2. The molecule has 1 N–H and O–H groups in total. The SMILES string of the molecule is CC[C@@H](C)c1ccc(-n2c(SCC(=O)Nc3ccccc3C(=O)[O-])nc3ccccc3c2=O)cc1. The second kappa shape index (κ2) is 10.6. The smallest absolute Gasteiger partial charge is 0.266 e. The number of carboxylic acid groups (broad SMARTS) is 1. The Labute approximate surface area is 206 Å². The summed E-state index contributed by atoms with van der Waals surface area (Å²) in [5.41, 5.74) is 2.20. The van der Waals surface area contributed by atoms with Crippen LogP contribution in [0.25, 0.3) is 16.6 Å². The Morgan fingerprint density at radius 2 is 1.71 bits per heavy atom. The van der Waals surface area contributed by atoms with Gasteiger partial charge in [-0.15, -0.1) is 0 Å². The van der Waals surface area contributed by atoms with Crippen LogP contribution in [0.15, 0.2) is 82.7 Å². The normalized spacial score (nSPS) is 11.8. The highest BCUT2D eigenvalue weighted by Gasteiger charge is 2.16. The molecule has 0 radical (unpaired) electrons. The molecule has 0 unspecified atom stereocenters. The highest BCUT2D eigenvalue weighted by atomic mass is 32.2. The zero-order chi connectivity index (χ0) is 24.9. The summed E-state index contributed by atoms with van der Waals surface area (Å²) >= 11 is 1.10. The van der Waals surface area contributed by atoms with E-state index in [2.05, 4.69) is 24.1 Å². The van der Waals surface area contributed by atoms with E-state index in [0.29, 0.717) is 27.7 Å². The number of anilines is 1. The second-order valence-electron chi connectivity index (χ2n) is 8.12. The van der Waals surface area contributed by atoms with Crippen LogP contribution in [0, 0.1) is 0 Å². The molecule has 35 heavy (non-hydrogen) atoms. The molecule has 0 bridgehead atoms. The van der Waals surface area contributed by atoms with Crippen LogP contribution in [0.2, 0.25) is 0 Å². The minimum absolute atomic E-state index is 0.0723. The van der Waals surface area contributed by atoms with Crippen molar-refractivity contribution in [3.63, 3.8) is 0 Å². The molecule has 1 heterocycles. The summed E-state index contributed by atoms with van der Waals surface area (Å²) in [6.45, 7) is 4.28. The lowest BCUT2D eigenvalue weighted by Crippen LogP contribution is -2.25. The van der Waals surface area contributed by atoms with Crippen LogP contribution in [0.1, 0.15) is 42.1 Å². The average Bonchev–Trinajstić information content (AvgIpc) is 2.87. The number of fused-ring (bicyclic) bond motifs is 1. The van der Waals surface area contributed by atoms with Crippen LogP contribution < -0.4 is 16.0 Å². The van der Waals surface area contributed by atoms with Gasteiger partial charge in [0.15, 0.2) is 5.16 Å². The van der Waals surface area contributed by atoms with Crippen molar-refractivity contribution < 1.29 is 14.7 Å². The molecule has 3 aromatic carbocycles. The third-order valence-corrected chi connectivity index (χ3v) is 6.77. The Hall–Kier alpha value is -3.91. The van der Waals surface area contributed by atoms with Crippen molar-refractivity contribution in [2.45, 2.75) is 31.3 Å². The molecule has 4 aromatic rings. The van der Waals surface area contributed by atoms with Crippen molar-refractivity contribution in [3.8, 4) is 5.69 Å². The first-order valence-electron chi connectivity index (χ1n) is 11.2. The number of hydrogen-bond donors (Lipinski definition) is 1. The average molecular weight is 487 g/mol. The lowest BCUT2D eigenvalue weighted by atomic mass is 9.98. The van der Waals surface area contributed by atoms with Crippen molar-refractivity contribution in [3.05, 3.63) is 94.3 Å². The predicted octanol–water partition coefficient (Wildman–Crippen LogP) is 3.99. The zero-order valence-electron chi connectivity index (χ0n) is 19.4. The summed E-state index contributed by atoms with van der Waals surface area (Å²) < 4.78 is 1.51.